The Bertz CT molecular complexity index is 861. The molecule has 1 N–H and O–H groups in total. The van der Waals surface area contributed by atoms with E-state index in [1.54, 1.807) is 6.07 Å². The minimum absolute atomic E-state index is 0.00969. The molecule has 0 saturated heterocycles. The van der Waals surface area contributed by atoms with Crippen molar-refractivity contribution in [2.75, 3.05) is 0 Å². The summed E-state index contributed by atoms with van der Waals surface area (Å²) in [6.07, 6.45) is 3.96. The van der Waals surface area contributed by atoms with E-state index >= 15 is 0 Å². The zero-order valence-corrected chi connectivity index (χ0v) is 17.4. The van der Waals surface area contributed by atoms with Gasteiger partial charge in [-0.15, -0.1) is 0 Å². The van der Waals surface area contributed by atoms with Crippen molar-refractivity contribution in [3.8, 4) is 0 Å². The van der Waals surface area contributed by atoms with E-state index in [1.807, 2.05) is 26.8 Å². The van der Waals surface area contributed by atoms with E-state index in [0.29, 0.717) is 6.42 Å². The molecular formula is C20H27ClO4S. The molecule has 3 rings (SSSR count). The first-order chi connectivity index (χ1) is 11.9. The number of carboxylic acids is 1. The number of hydrogen-bond acceptors (Lipinski definition) is 3. The van der Waals surface area contributed by atoms with Crippen LogP contribution >= 0.6 is 10.7 Å². The van der Waals surface area contributed by atoms with E-state index in [2.05, 4.69) is 6.92 Å². The van der Waals surface area contributed by atoms with Gasteiger partial charge in [0.2, 0.25) is 0 Å². The fourth-order valence-electron chi connectivity index (χ4n) is 5.43. The summed E-state index contributed by atoms with van der Waals surface area (Å²) >= 11 is 0. The third-order valence-electron chi connectivity index (χ3n) is 6.86. The Morgan fingerprint density at radius 1 is 1.27 bits per heavy atom. The summed E-state index contributed by atoms with van der Waals surface area (Å²) in [5.74, 6) is -0.713. The van der Waals surface area contributed by atoms with Crippen LogP contribution in [0.5, 0.6) is 0 Å². The Balaban J connectivity index is 2.24. The number of carboxylic acid groups (broad SMARTS) is 1. The van der Waals surface area contributed by atoms with Gasteiger partial charge in [-0.05, 0) is 72.6 Å². The van der Waals surface area contributed by atoms with Gasteiger partial charge >= 0.3 is 5.97 Å². The molecule has 6 heteroatoms. The molecule has 0 radical (unpaired) electrons. The fraction of sp³-hybridized carbons (Fsp3) is 0.650. The standard InChI is InChI=1S/C20H27ClO4S/c1-12(2)14-10-13-6-7-17-19(3,8-5-9-20(17,4)18(22)23)15(13)11-16(14)26(21,24)25/h10-12,17H,5-9H2,1-4H3,(H,22,23)/t17-,19-,20-/m1/s1. The molecular weight excluding hydrogens is 372 g/mol. The number of aliphatic carboxylic acids is 1. The first kappa shape index (κ1) is 19.7. The molecule has 0 aromatic heterocycles. The number of aryl methyl sites for hydroxylation is 1. The first-order valence-electron chi connectivity index (χ1n) is 9.26. The second kappa shape index (κ2) is 6.23. The molecule has 0 heterocycles. The lowest BCUT2D eigenvalue weighted by Gasteiger charge is -2.53. The van der Waals surface area contributed by atoms with E-state index in [-0.39, 0.29) is 22.1 Å². The molecule has 1 saturated carbocycles. The normalized spacial score (nSPS) is 31.4. The summed E-state index contributed by atoms with van der Waals surface area (Å²) in [7, 11) is 1.89. The third-order valence-corrected chi connectivity index (χ3v) is 8.23. The highest BCUT2D eigenvalue weighted by Gasteiger charge is 2.55. The average Bonchev–Trinajstić information content (AvgIpc) is 2.52. The van der Waals surface area contributed by atoms with Gasteiger partial charge in [-0.1, -0.05) is 33.3 Å². The number of benzene rings is 1. The number of rotatable bonds is 3. The SMILES string of the molecule is CC(C)c1cc2c(cc1S(=O)(=O)Cl)[C@@]1(C)CCC[C@@](C)(C(=O)O)[C@@H]1CC2. The number of halogens is 1. The van der Waals surface area contributed by atoms with Gasteiger partial charge in [-0.3, -0.25) is 4.79 Å². The van der Waals surface area contributed by atoms with Crippen molar-refractivity contribution in [2.24, 2.45) is 11.3 Å². The Kier molecular flexibility index (Phi) is 4.72. The van der Waals surface area contributed by atoms with Gasteiger partial charge in [0.15, 0.2) is 0 Å². The summed E-state index contributed by atoms with van der Waals surface area (Å²) in [6, 6.07) is 3.73. The summed E-state index contributed by atoms with van der Waals surface area (Å²) in [4.78, 5) is 12.2. The van der Waals surface area contributed by atoms with Gasteiger partial charge in [0.25, 0.3) is 9.05 Å². The minimum atomic E-state index is -3.87. The predicted molar refractivity (Wildman–Crippen MR) is 102 cm³/mol. The molecule has 4 nitrogen and oxygen atoms in total. The van der Waals surface area contributed by atoms with E-state index in [1.165, 1.54) is 0 Å². The third kappa shape index (κ3) is 2.88. The van der Waals surface area contributed by atoms with Gasteiger partial charge in [0.1, 0.15) is 0 Å². The molecule has 0 spiro atoms. The molecule has 0 aliphatic heterocycles. The molecule has 1 aromatic rings. The van der Waals surface area contributed by atoms with Gasteiger partial charge in [0.05, 0.1) is 10.3 Å². The van der Waals surface area contributed by atoms with Gasteiger partial charge in [-0.25, -0.2) is 8.42 Å². The first-order valence-corrected chi connectivity index (χ1v) is 11.6. The molecule has 1 fully saturated rings. The van der Waals surface area contributed by atoms with E-state index in [4.69, 9.17) is 10.7 Å². The van der Waals surface area contributed by atoms with E-state index < -0.39 is 20.4 Å². The van der Waals surface area contributed by atoms with Gasteiger partial charge in [0, 0.05) is 10.7 Å². The van der Waals surface area contributed by atoms with Crippen LogP contribution in [0, 0.1) is 11.3 Å². The Morgan fingerprint density at radius 3 is 2.46 bits per heavy atom. The van der Waals surface area contributed by atoms with Gasteiger partial charge in [-0.2, -0.15) is 0 Å². The zero-order valence-electron chi connectivity index (χ0n) is 15.8. The predicted octanol–water partition coefficient (Wildman–Crippen LogP) is 4.83. The average molecular weight is 399 g/mol. The van der Waals surface area contributed by atoms with Crippen LogP contribution in [0.25, 0.3) is 0 Å². The van der Waals surface area contributed by atoms with Crippen LogP contribution in [-0.4, -0.2) is 19.5 Å². The number of fused-ring (bicyclic) bond motifs is 3. The highest BCUT2D eigenvalue weighted by atomic mass is 35.7. The van der Waals surface area contributed by atoms with Crippen LogP contribution in [0.4, 0.5) is 0 Å². The highest BCUT2D eigenvalue weighted by molar-refractivity contribution is 8.13. The second-order valence-electron chi connectivity index (χ2n) is 8.72. The monoisotopic (exact) mass is 398 g/mol. The Hall–Kier alpha value is -1.07. The molecule has 0 amide bonds. The summed E-state index contributed by atoms with van der Waals surface area (Å²) in [5, 5.41) is 9.88. The summed E-state index contributed by atoms with van der Waals surface area (Å²) < 4.78 is 24.4. The lowest BCUT2D eigenvalue weighted by molar-refractivity contribution is -0.157. The van der Waals surface area contributed by atoms with Crippen molar-refractivity contribution in [3.05, 3.63) is 28.8 Å². The van der Waals surface area contributed by atoms with E-state index in [0.717, 1.165) is 42.4 Å². The van der Waals surface area contributed by atoms with E-state index in [9.17, 15) is 18.3 Å². The molecule has 2 aliphatic rings. The lowest BCUT2D eigenvalue weighted by Crippen LogP contribution is -2.52. The summed E-state index contributed by atoms with van der Waals surface area (Å²) in [6.45, 7) is 7.88. The number of carbonyl (C=O) groups is 1. The topological polar surface area (TPSA) is 71.4 Å². The Morgan fingerprint density at radius 2 is 1.92 bits per heavy atom. The van der Waals surface area contributed by atoms with Crippen molar-refractivity contribution < 1.29 is 18.3 Å². The fourth-order valence-corrected chi connectivity index (χ4v) is 6.67. The molecule has 26 heavy (non-hydrogen) atoms. The van der Waals surface area contributed by atoms with Crippen molar-refractivity contribution in [1.29, 1.82) is 0 Å². The molecule has 2 aliphatic carbocycles. The quantitative estimate of drug-likeness (QED) is 0.740. The van der Waals surface area contributed by atoms with Crippen molar-refractivity contribution in [2.45, 2.75) is 76.0 Å². The largest absolute Gasteiger partial charge is 0.481 e. The smallest absolute Gasteiger partial charge is 0.309 e. The van der Waals surface area contributed by atoms with Crippen molar-refractivity contribution in [1.82, 2.24) is 0 Å². The molecule has 0 unspecified atom stereocenters. The zero-order chi connectivity index (χ0) is 19.5. The molecule has 3 atom stereocenters. The molecule has 1 aromatic carbocycles. The number of hydrogen-bond donors (Lipinski definition) is 1. The molecule has 144 valence electrons. The minimum Gasteiger partial charge on any atom is -0.481 e. The maximum atomic E-state index is 12.2. The Labute approximate surface area is 160 Å². The van der Waals surface area contributed by atoms with Crippen molar-refractivity contribution in [3.63, 3.8) is 0 Å². The maximum Gasteiger partial charge on any atom is 0.309 e. The maximum absolute atomic E-state index is 12.2. The second-order valence-corrected chi connectivity index (χ2v) is 11.3. The van der Waals surface area contributed by atoms with Crippen LogP contribution in [0.2, 0.25) is 0 Å². The molecule has 0 bridgehead atoms. The van der Waals surface area contributed by atoms with Crippen LogP contribution in [0.15, 0.2) is 17.0 Å². The van der Waals surface area contributed by atoms with Crippen molar-refractivity contribution >= 4 is 25.7 Å². The van der Waals surface area contributed by atoms with Crippen LogP contribution in [0.3, 0.4) is 0 Å². The highest BCUT2D eigenvalue weighted by Crippen LogP contribution is 2.57. The lowest BCUT2D eigenvalue weighted by atomic mass is 9.50. The van der Waals surface area contributed by atoms with Gasteiger partial charge < -0.3 is 5.11 Å². The van der Waals surface area contributed by atoms with Crippen LogP contribution in [-0.2, 0) is 25.7 Å². The summed E-state index contributed by atoms with van der Waals surface area (Å²) in [5.41, 5.74) is 1.75. The van der Waals surface area contributed by atoms with Crippen LogP contribution < -0.4 is 0 Å². The van der Waals surface area contributed by atoms with Crippen LogP contribution in [0.1, 0.15) is 76.0 Å².